The summed E-state index contributed by atoms with van der Waals surface area (Å²) in [7, 11) is 0. The lowest BCUT2D eigenvalue weighted by Gasteiger charge is -2.38. The van der Waals surface area contributed by atoms with Gasteiger partial charge >= 0.3 is 6.09 Å². The van der Waals surface area contributed by atoms with Gasteiger partial charge in [-0.1, -0.05) is 30.9 Å². The van der Waals surface area contributed by atoms with Crippen LogP contribution in [-0.2, 0) is 4.74 Å². The molecule has 1 aliphatic rings. The Bertz CT molecular complexity index is 754. The molecule has 28 heavy (non-hydrogen) atoms. The van der Waals surface area contributed by atoms with Gasteiger partial charge in [0, 0.05) is 18.7 Å². The summed E-state index contributed by atoms with van der Waals surface area (Å²) in [5, 5.41) is 16.5. The average Bonchev–Trinajstić information content (AvgIpc) is 2.58. The van der Waals surface area contributed by atoms with E-state index in [4.69, 9.17) is 16.3 Å². The van der Waals surface area contributed by atoms with Gasteiger partial charge in [0.2, 0.25) is 0 Å². The summed E-state index contributed by atoms with van der Waals surface area (Å²) >= 11 is 6.03. The molecule has 0 bridgehead atoms. The second-order valence-electron chi connectivity index (χ2n) is 8.07. The Hall–Kier alpha value is -2.35. The Balaban J connectivity index is 2.08. The Morgan fingerprint density at radius 3 is 2.43 bits per heavy atom. The van der Waals surface area contributed by atoms with Crippen molar-refractivity contribution in [3.8, 4) is 0 Å². The van der Waals surface area contributed by atoms with Gasteiger partial charge in [0.05, 0.1) is 21.0 Å². The molecule has 9 heteroatoms. The summed E-state index contributed by atoms with van der Waals surface area (Å²) in [6, 6.07) is 3.70. The van der Waals surface area contributed by atoms with Crippen molar-refractivity contribution >= 4 is 29.3 Å². The lowest BCUT2D eigenvalue weighted by molar-refractivity contribution is -0.384. The molecule has 1 aliphatic carbocycles. The largest absolute Gasteiger partial charge is 0.444 e. The fourth-order valence-corrected chi connectivity index (χ4v) is 3.50. The zero-order valence-electron chi connectivity index (χ0n) is 16.3. The Labute approximate surface area is 169 Å². The second-order valence-corrected chi connectivity index (χ2v) is 8.48. The molecule has 0 unspecified atom stereocenters. The zero-order valence-corrected chi connectivity index (χ0v) is 17.1. The molecular formula is C19H26ClN3O5. The quantitative estimate of drug-likeness (QED) is 0.557. The fourth-order valence-electron chi connectivity index (χ4n) is 3.24. The molecule has 154 valence electrons. The summed E-state index contributed by atoms with van der Waals surface area (Å²) in [5.74, 6) is -0.448. The molecule has 1 fully saturated rings. The van der Waals surface area contributed by atoms with Gasteiger partial charge in [0.25, 0.3) is 11.6 Å². The van der Waals surface area contributed by atoms with E-state index in [9.17, 15) is 19.7 Å². The highest BCUT2D eigenvalue weighted by Gasteiger charge is 2.35. The Morgan fingerprint density at radius 2 is 1.89 bits per heavy atom. The van der Waals surface area contributed by atoms with E-state index in [2.05, 4.69) is 10.6 Å². The van der Waals surface area contributed by atoms with Crippen molar-refractivity contribution in [2.24, 2.45) is 0 Å². The van der Waals surface area contributed by atoms with Crippen LogP contribution >= 0.6 is 11.6 Å². The molecule has 0 spiro atoms. The van der Waals surface area contributed by atoms with Crippen LogP contribution in [0.15, 0.2) is 18.2 Å². The normalized spacial score (nSPS) is 16.1. The first-order valence-corrected chi connectivity index (χ1v) is 9.62. The molecule has 2 amide bonds. The number of halogens is 1. The number of nitrogens with one attached hydrogen (secondary N) is 2. The second kappa shape index (κ2) is 8.77. The van der Waals surface area contributed by atoms with Crippen LogP contribution < -0.4 is 10.6 Å². The molecule has 0 aliphatic heterocycles. The third kappa shape index (κ3) is 6.09. The molecule has 0 heterocycles. The number of carbonyl (C=O) groups is 2. The number of carbonyl (C=O) groups excluding carboxylic acids is 2. The van der Waals surface area contributed by atoms with Crippen molar-refractivity contribution in [3.05, 3.63) is 38.9 Å². The van der Waals surface area contributed by atoms with Gasteiger partial charge in [-0.3, -0.25) is 14.9 Å². The lowest BCUT2D eigenvalue weighted by atomic mass is 9.81. The number of nitro groups is 1. The molecule has 0 radical (unpaired) electrons. The molecule has 2 N–H and O–H groups in total. The van der Waals surface area contributed by atoms with E-state index in [0.29, 0.717) is 0 Å². The van der Waals surface area contributed by atoms with E-state index < -0.39 is 28.1 Å². The monoisotopic (exact) mass is 411 g/mol. The van der Waals surface area contributed by atoms with Gasteiger partial charge in [-0.05, 0) is 39.7 Å². The zero-order chi connectivity index (χ0) is 20.9. The minimum Gasteiger partial charge on any atom is -0.444 e. The number of benzene rings is 1. The van der Waals surface area contributed by atoms with Gasteiger partial charge in [0.1, 0.15) is 5.60 Å². The molecule has 0 saturated heterocycles. The number of amides is 2. The van der Waals surface area contributed by atoms with Crippen LogP contribution in [0.25, 0.3) is 0 Å². The standard InChI is InChI=1S/C19H26ClN3O5/c1-18(2,3)28-17(25)22-19(9-5-4-6-10-19)12-21-16(24)14-8-7-13(23(26)27)11-15(14)20/h7-8,11H,4-6,9-10,12H2,1-3H3,(H,21,24)(H,22,25). The highest BCUT2D eigenvalue weighted by Crippen LogP contribution is 2.29. The summed E-state index contributed by atoms with van der Waals surface area (Å²) in [6.45, 7) is 5.59. The van der Waals surface area contributed by atoms with Crippen molar-refractivity contribution < 1.29 is 19.2 Å². The van der Waals surface area contributed by atoms with Gasteiger partial charge < -0.3 is 15.4 Å². The molecular weight excluding hydrogens is 386 g/mol. The van der Waals surface area contributed by atoms with E-state index in [1.165, 1.54) is 12.1 Å². The molecule has 1 saturated carbocycles. The Kier molecular flexibility index (Phi) is 6.87. The molecule has 8 nitrogen and oxygen atoms in total. The summed E-state index contributed by atoms with van der Waals surface area (Å²) < 4.78 is 5.36. The summed E-state index contributed by atoms with van der Waals surface area (Å²) in [4.78, 5) is 35.0. The van der Waals surface area contributed by atoms with Crippen LogP contribution in [0.5, 0.6) is 0 Å². The predicted molar refractivity (Wildman–Crippen MR) is 106 cm³/mol. The van der Waals surface area contributed by atoms with E-state index in [1.54, 1.807) is 20.8 Å². The first-order chi connectivity index (χ1) is 13.0. The van der Waals surface area contributed by atoms with Crippen LogP contribution in [0.4, 0.5) is 10.5 Å². The van der Waals surface area contributed by atoms with E-state index in [0.717, 1.165) is 38.2 Å². The summed E-state index contributed by atoms with van der Waals surface area (Å²) in [6.07, 6.45) is 3.87. The van der Waals surface area contributed by atoms with Crippen molar-refractivity contribution in [3.63, 3.8) is 0 Å². The number of alkyl carbamates (subject to hydrolysis) is 1. The third-order valence-corrected chi connectivity index (χ3v) is 4.88. The lowest BCUT2D eigenvalue weighted by Crippen LogP contribution is -2.57. The van der Waals surface area contributed by atoms with Gasteiger partial charge in [-0.2, -0.15) is 0 Å². The molecule has 0 atom stereocenters. The molecule has 0 aromatic heterocycles. The number of nitro benzene ring substituents is 1. The van der Waals surface area contributed by atoms with Crippen molar-refractivity contribution in [1.29, 1.82) is 0 Å². The fraction of sp³-hybridized carbons (Fsp3) is 0.579. The highest BCUT2D eigenvalue weighted by atomic mass is 35.5. The van der Waals surface area contributed by atoms with Gasteiger partial charge in [-0.15, -0.1) is 0 Å². The van der Waals surface area contributed by atoms with Gasteiger partial charge in [0.15, 0.2) is 0 Å². The van der Waals surface area contributed by atoms with Crippen LogP contribution in [0.1, 0.15) is 63.2 Å². The minimum absolute atomic E-state index is 0.00416. The van der Waals surface area contributed by atoms with E-state index in [-0.39, 0.29) is 22.8 Å². The topological polar surface area (TPSA) is 111 Å². The van der Waals surface area contributed by atoms with Crippen LogP contribution in [0.2, 0.25) is 5.02 Å². The smallest absolute Gasteiger partial charge is 0.408 e. The first-order valence-electron chi connectivity index (χ1n) is 9.25. The Morgan fingerprint density at radius 1 is 1.25 bits per heavy atom. The van der Waals surface area contributed by atoms with Crippen LogP contribution in [-0.4, -0.2) is 34.6 Å². The van der Waals surface area contributed by atoms with Gasteiger partial charge in [-0.25, -0.2) is 4.79 Å². The maximum Gasteiger partial charge on any atom is 0.408 e. The van der Waals surface area contributed by atoms with Crippen LogP contribution in [0, 0.1) is 10.1 Å². The van der Waals surface area contributed by atoms with Crippen LogP contribution in [0.3, 0.4) is 0 Å². The van der Waals surface area contributed by atoms with E-state index >= 15 is 0 Å². The summed E-state index contributed by atoms with van der Waals surface area (Å²) in [5.41, 5.74) is -1.24. The minimum atomic E-state index is -0.616. The van der Waals surface area contributed by atoms with E-state index in [1.807, 2.05) is 0 Å². The van der Waals surface area contributed by atoms with Crippen molar-refractivity contribution in [2.45, 2.75) is 64.0 Å². The SMILES string of the molecule is CC(C)(C)OC(=O)NC1(CNC(=O)c2ccc([N+](=O)[O-])cc2Cl)CCCCC1. The predicted octanol–water partition coefficient (Wildman–Crippen LogP) is 4.21. The molecule has 1 aromatic carbocycles. The number of hydrogen-bond acceptors (Lipinski definition) is 5. The maximum atomic E-state index is 12.5. The molecule has 2 rings (SSSR count). The third-order valence-electron chi connectivity index (χ3n) is 4.57. The highest BCUT2D eigenvalue weighted by molar-refractivity contribution is 6.34. The number of nitrogens with zero attached hydrogens (tertiary/aromatic N) is 1. The number of non-ortho nitro benzene ring substituents is 1. The van der Waals surface area contributed by atoms with Crippen molar-refractivity contribution in [2.75, 3.05) is 6.54 Å². The van der Waals surface area contributed by atoms with Crippen molar-refractivity contribution in [1.82, 2.24) is 10.6 Å². The average molecular weight is 412 g/mol. The number of hydrogen-bond donors (Lipinski definition) is 2. The molecule has 1 aromatic rings. The first kappa shape index (κ1) is 21.9. The number of rotatable bonds is 5. The number of ether oxygens (including phenoxy) is 1. The maximum absolute atomic E-state index is 12.5.